The average Bonchev–Trinajstić information content (AvgIpc) is 2.91. The minimum absolute atomic E-state index is 0.225. The molecule has 0 aliphatic carbocycles. The molecule has 3 rings (SSSR count). The Morgan fingerprint density at radius 3 is 2.74 bits per heavy atom. The second-order valence-corrected chi connectivity index (χ2v) is 4.44. The third-order valence-corrected chi connectivity index (χ3v) is 2.86. The molecule has 0 atom stereocenters. The van der Waals surface area contributed by atoms with Crippen molar-refractivity contribution >= 4 is 15.9 Å². The van der Waals surface area contributed by atoms with Gasteiger partial charge in [0.2, 0.25) is 5.88 Å². The van der Waals surface area contributed by atoms with E-state index in [4.69, 9.17) is 4.74 Å². The smallest absolute Gasteiger partial charge is 0.342 e. The first kappa shape index (κ1) is 11.8. The minimum atomic E-state index is 0.225. The van der Waals surface area contributed by atoms with E-state index in [2.05, 4.69) is 36.0 Å². The first-order valence-electron chi connectivity index (χ1n) is 5.43. The molecule has 0 fully saturated rings. The Bertz CT molecular complexity index is 685. The topological polar surface area (TPSA) is 65.7 Å². The van der Waals surface area contributed by atoms with Crippen molar-refractivity contribution in [1.29, 1.82) is 0 Å². The van der Waals surface area contributed by atoms with Gasteiger partial charge in [-0.1, -0.05) is 18.2 Å². The number of aromatic nitrogens is 5. The molecule has 2 aromatic heterocycles. The Morgan fingerprint density at radius 1 is 1.11 bits per heavy atom. The van der Waals surface area contributed by atoms with Crippen LogP contribution in [-0.4, -0.2) is 24.7 Å². The van der Waals surface area contributed by atoms with Crippen molar-refractivity contribution in [2.45, 2.75) is 0 Å². The molecule has 19 heavy (non-hydrogen) atoms. The number of halogens is 1. The summed E-state index contributed by atoms with van der Waals surface area (Å²) in [7, 11) is 0. The number of hydrogen-bond acceptors (Lipinski definition) is 5. The van der Waals surface area contributed by atoms with E-state index in [9.17, 15) is 0 Å². The monoisotopic (exact) mass is 317 g/mol. The second kappa shape index (κ2) is 5.15. The molecule has 94 valence electrons. The normalized spacial score (nSPS) is 10.4. The lowest BCUT2D eigenvalue weighted by Gasteiger charge is -2.01. The average molecular weight is 318 g/mol. The molecule has 0 saturated carbocycles. The molecule has 0 unspecified atom stereocenters. The van der Waals surface area contributed by atoms with E-state index in [1.165, 1.54) is 6.33 Å². The van der Waals surface area contributed by atoms with Gasteiger partial charge in [0.05, 0.1) is 10.2 Å². The summed E-state index contributed by atoms with van der Waals surface area (Å²) in [6, 6.07) is 9.88. The fraction of sp³-hybridized carbons (Fsp3) is 0. The molecule has 1 aromatic carbocycles. The number of rotatable bonds is 3. The van der Waals surface area contributed by atoms with Crippen LogP contribution in [0.25, 0.3) is 5.69 Å². The fourth-order valence-electron chi connectivity index (χ4n) is 1.46. The van der Waals surface area contributed by atoms with Crippen LogP contribution in [0.2, 0.25) is 0 Å². The maximum atomic E-state index is 5.47. The van der Waals surface area contributed by atoms with Gasteiger partial charge in [-0.2, -0.15) is 4.98 Å². The van der Waals surface area contributed by atoms with Crippen LogP contribution in [0.3, 0.4) is 0 Å². The van der Waals surface area contributed by atoms with Gasteiger partial charge in [0.25, 0.3) is 0 Å². The summed E-state index contributed by atoms with van der Waals surface area (Å²) in [5, 5.41) is 4.22. The SMILES string of the molecule is Brc1cncnc1Oc1ncn(-c2ccccc2)n1. The van der Waals surface area contributed by atoms with Crippen molar-refractivity contribution in [1.82, 2.24) is 24.7 Å². The number of para-hydroxylation sites is 1. The predicted octanol–water partition coefficient (Wildman–Crippen LogP) is 2.61. The van der Waals surface area contributed by atoms with Crippen molar-refractivity contribution in [2.75, 3.05) is 0 Å². The predicted molar refractivity (Wildman–Crippen MR) is 71.2 cm³/mol. The summed E-state index contributed by atoms with van der Waals surface area (Å²) in [6.07, 6.45) is 4.57. The largest absolute Gasteiger partial charge is 0.403 e. The molecular weight excluding hydrogens is 310 g/mol. The molecule has 0 bridgehead atoms. The van der Waals surface area contributed by atoms with Gasteiger partial charge in [-0.05, 0) is 28.1 Å². The Labute approximate surface area is 117 Å². The molecule has 6 nitrogen and oxygen atoms in total. The Morgan fingerprint density at radius 2 is 1.95 bits per heavy atom. The summed E-state index contributed by atoms with van der Waals surface area (Å²) in [4.78, 5) is 11.9. The van der Waals surface area contributed by atoms with Crippen molar-refractivity contribution in [3.63, 3.8) is 0 Å². The van der Waals surface area contributed by atoms with E-state index in [1.807, 2.05) is 30.3 Å². The van der Waals surface area contributed by atoms with E-state index >= 15 is 0 Å². The van der Waals surface area contributed by atoms with Crippen molar-refractivity contribution in [2.24, 2.45) is 0 Å². The maximum absolute atomic E-state index is 5.47. The van der Waals surface area contributed by atoms with Crippen LogP contribution < -0.4 is 4.74 Å². The van der Waals surface area contributed by atoms with E-state index in [-0.39, 0.29) is 6.01 Å². The van der Waals surface area contributed by atoms with Gasteiger partial charge in [0.15, 0.2) is 0 Å². The highest BCUT2D eigenvalue weighted by Crippen LogP contribution is 2.23. The summed E-state index contributed by atoms with van der Waals surface area (Å²) in [5.74, 6) is 0.376. The van der Waals surface area contributed by atoms with Crippen LogP contribution in [-0.2, 0) is 0 Å². The number of ether oxygens (including phenoxy) is 1. The highest BCUT2D eigenvalue weighted by Gasteiger charge is 2.08. The van der Waals surface area contributed by atoms with Crippen molar-refractivity contribution in [3.05, 3.63) is 53.7 Å². The highest BCUT2D eigenvalue weighted by molar-refractivity contribution is 9.10. The van der Waals surface area contributed by atoms with Crippen LogP contribution in [0.5, 0.6) is 11.9 Å². The third kappa shape index (κ3) is 2.60. The molecule has 0 amide bonds. The number of benzene rings is 1. The van der Waals surface area contributed by atoms with E-state index in [0.29, 0.717) is 10.4 Å². The van der Waals surface area contributed by atoms with Gasteiger partial charge in [0, 0.05) is 6.20 Å². The first-order valence-corrected chi connectivity index (χ1v) is 6.23. The molecule has 0 N–H and O–H groups in total. The lowest BCUT2D eigenvalue weighted by Crippen LogP contribution is -1.95. The molecule has 0 saturated heterocycles. The summed E-state index contributed by atoms with van der Waals surface area (Å²) < 4.78 is 7.74. The Kier molecular flexibility index (Phi) is 3.20. The van der Waals surface area contributed by atoms with Crippen molar-refractivity contribution < 1.29 is 4.74 Å². The zero-order valence-electron chi connectivity index (χ0n) is 9.64. The number of hydrogen-bond donors (Lipinski definition) is 0. The van der Waals surface area contributed by atoms with Gasteiger partial charge in [0.1, 0.15) is 12.7 Å². The summed E-state index contributed by atoms with van der Waals surface area (Å²) in [6.45, 7) is 0. The standard InChI is InChI=1S/C12H8BrN5O/c13-10-6-14-7-15-11(10)19-12-16-8-18(17-12)9-4-2-1-3-5-9/h1-8H. The molecule has 3 aromatic rings. The van der Waals surface area contributed by atoms with Gasteiger partial charge in [-0.25, -0.2) is 14.6 Å². The highest BCUT2D eigenvalue weighted by atomic mass is 79.9. The van der Waals surface area contributed by atoms with Crippen molar-refractivity contribution in [3.8, 4) is 17.6 Å². The summed E-state index contributed by atoms with van der Waals surface area (Å²) in [5.41, 5.74) is 0.909. The van der Waals surface area contributed by atoms with Gasteiger partial charge >= 0.3 is 6.01 Å². The van der Waals surface area contributed by atoms with Gasteiger partial charge in [-0.3, -0.25) is 0 Å². The van der Waals surface area contributed by atoms with Gasteiger partial charge in [-0.15, -0.1) is 5.10 Å². The molecule has 0 aliphatic rings. The van der Waals surface area contributed by atoms with E-state index < -0.39 is 0 Å². The Balaban J connectivity index is 1.85. The fourth-order valence-corrected chi connectivity index (χ4v) is 1.76. The first-order chi connectivity index (χ1) is 9.33. The molecule has 2 heterocycles. The quantitative estimate of drug-likeness (QED) is 0.743. The number of nitrogens with zero attached hydrogens (tertiary/aromatic N) is 5. The van der Waals surface area contributed by atoms with Crippen LogP contribution in [0.1, 0.15) is 0 Å². The van der Waals surface area contributed by atoms with Crippen LogP contribution in [0.4, 0.5) is 0 Å². The van der Waals surface area contributed by atoms with Crippen LogP contribution in [0.15, 0.2) is 53.7 Å². The molecule has 0 radical (unpaired) electrons. The Hall–Kier alpha value is -2.28. The maximum Gasteiger partial charge on any atom is 0.342 e. The second-order valence-electron chi connectivity index (χ2n) is 3.59. The zero-order valence-corrected chi connectivity index (χ0v) is 11.2. The van der Waals surface area contributed by atoms with Crippen LogP contribution >= 0.6 is 15.9 Å². The van der Waals surface area contributed by atoms with E-state index in [0.717, 1.165) is 5.69 Å². The minimum Gasteiger partial charge on any atom is -0.403 e. The molecule has 7 heteroatoms. The zero-order chi connectivity index (χ0) is 13.1. The third-order valence-electron chi connectivity index (χ3n) is 2.31. The van der Waals surface area contributed by atoms with Crippen LogP contribution in [0, 0.1) is 0 Å². The lowest BCUT2D eigenvalue weighted by atomic mass is 10.3. The molecule has 0 spiro atoms. The summed E-state index contributed by atoms with van der Waals surface area (Å²) >= 11 is 3.29. The molecule has 0 aliphatic heterocycles. The van der Waals surface area contributed by atoms with E-state index in [1.54, 1.807) is 17.2 Å². The van der Waals surface area contributed by atoms with Gasteiger partial charge < -0.3 is 4.74 Å². The lowest BCUT2D eigenvalue weighted by molar-refractivity contribution is 0.420. The molecular formula is C12H8BrN5O.